The number of hydrazone groups is 1. The normalized spacial score (nSPS) is 10.4. The highest BCUT2D eigenvalue weighted by Gasteiger charge is 2.00. The van der Waals surface area contributed by atoms with Crippen LogP contribution in [0.1, 0.15) is 21.5 Å². The van der Waals surface area contributed by atoms with E-state index in [1.54, 1.807) is 18.3 Å². The number of nitrogens with zero attached hydrogens (tertiary/aromatic N) is 1. The van der Waals surface area contributed by atoms with Crippen molar-refractivity contribution in [3.63, 3.8) is 0 Å². The van der Waals surface area contributed by atoms with Gasteiger partial charge in [0, 0.05) is 5.69 Å². The van der Waals surface area contributed by atoms with Crippen molar-refractivity contribution in [2.24, 2.45) is 5.10 Å². The molecule has 6 heteroatoms. The Balaban J connectivity index is 1.87. The van der Waals surface area contributed by atoms with Crippen molar-refractivity contribution in [3.05, 3.63) is 65.2 Å². The van der Waals surface area contributed by atoms with Crippen LogP contribution >= 0.6 is 12.2 Å². The molecule has 0 aliphatic carbocycles. The first-order chi connectivity index (χ1) is 10.5. The number of thiocarbonyl (C=S) groups is 1. The molecule has 2 aromatic carbocycles. The average Bonchev–Trinajstić information content (AvgIpc) is 2.50. The van der Waals surface area contributed by atoms with E-state index in [1.165, 1.54) is 17.7 Å². The van der Waals surface area contributed by atoms with E-state index in [4.69, 9.17) is 17.3 Å². The lowest BCUT2D eigenvalue weighted by Gasteiger charge is -2.06. The Morgan fingerprint density at radius 3 is 2.36 bits per heavy atom. The third-order valence-corrected chi connectivity index (χ3v) is 3.04. The molecular weight excluding hydrogens is 298 g/mol. The lowest BCUT2D eigenvalue weighted by atomic mass is 10.1. The molecule has 0 heterocycles. The van der Waals surface area contributed by atoms with E-state index in [2.05, 4.69) is 15.8 Å². The van der Waals surface area contributed by atoms with Gasteiger partial charge >= 0.3 is 5.97 Å². The Kier molecular flexibility index (Phi) is 5.21. The van der Waals surface area contributed by atoms with Gasteiger partial charge < -0.3 is 10.4 Å². The second-order valence-electron chi connectivity index (χ2n) is 4.62. The first-order valence-corrected chi connectivity index (χ1v) is 6.95. The first-order valence-electron chi connectivity index (χ1n) is 6.55. The molecule has 0 unspecified atom stereocenters. The largest absolute Gasteiger partial charge is 0.478 e. The number of rotatable bonds is 4. The van der Waals surface area contributed by atoms with Crippen LogP contribution in [0.3, 0.4) is 0 Å². The van der Waals surface area contributed by atoms with Crippen LogP contribution in [0.5, 0.6) is 0 Å². The maximum absolute atomic E-state index is 10.7. The van der Waals surface area contributed by atoms with E-state index >= 15 is 0 Å². The van der Waals surface area contributed by atoms with Gasteiger partial charge in [-0.05, 0) is 49.0 Å². The summed E-state index contributed by atoms with van der Waals surface area (Å²) < 4.78 is 0. The van der Waals surface area contributed by atoms with Crippen molar-refractivity contribution < 1.29 is 9.90 Å². The number of carbonyl (C=O) groups is 1. The monoisotopic (exact) mass is 313 g/mol. The fourth-order valence-electron chi connectivity index (χ4n) is 1.67. The third kappa shape index (κ3) is 4.68. The standard InChI is InChI=1S/C16H15N3O2S/c1-11-2-8-14(9-3-11)18-16(22)19-17-10-12-4-6-13(7-5-12)15(20)21/h2-10H,1H3,(H,20,21)(H2,18,19,22)/b17-10+. The quantitative estimate of drug-likeness (QED) is 0.460. The Morgan fingerprint density at radius 2 is 1.77 bits per heavy atom. The summed E-state index contributed by atoms with van der Waals surface area (Å²) in [6, 6.07) is 14.2. The lowest BCUT2D eigenvalue weighted by molar-refractivity contribution is 0.0697. The summed E-state index contributed by atoms with van der Waals surface area (Å²) in [6.07, 6.45) is 1.56. The Labute approximate surface area is 133 Å². The molecule has 0 amide bonds. The number of aromatic carboxylic acids is 1. The molecule has 0 aliphatic heterocycles. The molecule has 0 radical (unpaired) electrons. The van der Waals surface area contributed by atoms with Gasteiger partial charge in [-0.3, -0.25) is 5.43 Å². The number of carboxylic acids is 1. The molecule has 0 bridgehead atoms. The molecule has 5 nitrogen and oxygen atoms in total. The van der Waals surface area contributed by atoms with Crippen molar-refractivity contribution in [2.45, 2.75) is 6.92 Å². The van der Waals surface area contributed by atoms with Crippen LogP contribution in [0.25, 0.3) is 0 Å². The summed E-state index contributed by atoms with van der Waals surface area (Å²) in [5.74, 6) is -0.954. The summed E-state index contributed by atoms with van der Waals surface area (Å²) in [4.78, 5) is 10.7. The third-order valence-electron chi connectivity index (χ3n) is 2.85. The lowest BCUT2D eigenvalue weighted by Crippen LogP contribution is -2.23. The summed E-state index contributed by atoms with van der Waals surface area (Å²) in [5, 5.41) is 16.2. The van der Waals surface area contributed by atoms with E-state index in [0.29, 0.717) is 5.11 Å². The van der Waals surface area contributed by atoms with Gasteiger partial charge in [-0.2, -0.15) is 5.10 Å². The summed E-state index contributed by atoms with van der Waals surface area (Å²) in [7, 11) is 0. The smallest absolute Gasteiger partial charge is 0.335 e. The number of benzene rings is 2. The topological polar surface area (TPSA) is 73.7 Å². The molecule has 0 fully saturated rings. The van der Waals surface area contributed by atoms with E-state index in [9.17, 15) is 4.79 Å². The molecule has 0 saturated heterocycles. The van der Waals surface area contributed by atoms with Crippen molar-refractivity contribution in [1.29, 1.82) is 0 Å². The summed E-state index contributed by atoms with van der Waals surface area (Å²) in [5.41, 5.74) is 5.77. The van der Waals surface area contributed by atoms with Gasteiger partial charge in [0.25, 0.3) is 0 Å². The number of carboxylic acid groups (broad SMARTS) is 1. The minimum absolute atomic E-state index is 0.238. The maximum atomic E-state index is 10.7. The molecule has 22 heavy (non-hydrogen) atoms. The van der Waals surface area contributed by atoms with Gasteiger partial charge in [-0.1, -0.05) is 29.8 Å². The van der Waals surface area contributed by atoms with Crippen LogP contribution in [0.2, 0.25) is 0 Å². The molecule has 0 spiro atoms. The number of nitrogens with one attached hydrogen (secondary N) is 2. The maximum Gasteiger partial charge on any atom is 0.335 e. The average molecular weight is 313 g/mol. The summed E-state index contributed by atoms with van der Waals surface area (Å²) in [6.45, 7) is 2.01. The van der Waals surface area contributed by atoms with Gasteiger partial charge in [0.2, 0.25) is 0 Å². The molecule has 0 atom stereocenters. The highest BCUT2D eigenvalue weighted by molar-refractivity contribution is 7.80. The molecule has 0 saturated carbocycles. The van der Waals surface area contributed by atoms with Crippen LogP contribution in [-0.2, 0) is 0 Å². The van der Waals surface area contributed by atoms with E-state index in [1.807, 2.05) is 31.2 Å². The predicted octanol–water partition coefficient (Wildman–Crippen LogP) is 3.01. The number of aryl methyl sites for hydroxylation is 1. The van der Waals surface area contributed by atoms with E-state index < -0.39 is 5.97 Å². The highest BCUT2D eigenvalue weighted by Crippen LogP contribution is 2.08. The molecule has 2 rings (SSSR count). The number of hydrogen-bond donors (Lipinski definition) is 3. The van der Waals surface area contributed by atoms with Gasteiger partial charge in [-0.25, -0.2) is 4.79 Å². The molecule has 0 aliphatic rings. The van der Waals surface area contributed by atoms with Gasteiger partial charge in [-0.15, -0.1) is 0 Å². The zero-order chi connectivity index (χ0) is 15.9. The zero-order valence-corrected chi connectivity index (χ0v) is 12.7. The molecule has 3 N–H and O–H groups in total. The van der Waals surface area contributed by atoms with Crippen molar-refractivity contribution in [3.8, 4) is 0 Å². The summed E-state index contributed by atoms with van der Waals surface area (Å²) >= 11 is 5.13. The first kappa shape index (κ1) is 15.7. The van der Waals surface area contributed by atoms with Crippen molar-refractivity contribution in [1.82, 2.24) is 5.43 Å². The van der Waals surface area contributed by atoms with Crippen LogP contribution in [0, 0.1) is 6.92 Å². The minimum Gasteiger partial charge on any atom is -0.478 e. The van der Waals surface area contributed by atoms with Crippen LogP contribution in [-0.4, -0.2) is 22.4 Å². The fraction of sp³-hybridized carbons (Fsp3) is 0.0625. The second kappa shape index (κ2) is 7.33. The number of anilines is 1. The van der Waals surface area contributed by atoms with Crippen LogP contribution in [0.15, 0.2) is 53.6 Å². The SMILES string of the molecule is Cc1ccc(NC(=S)N/N=C/c2ccc(C(=O)O)cc2)cc1. The van der Waals surface area contributed by atoms with E-state index in [0.717, 1.165) is 11.3 Å². The van der Waals surface area contributed by atoms with Gasteiger partial charge in [0.1, 0.15) is 0 Å². The van der Waals surface area contributed by atoms with Crippen LogP contribution < -0.4 is 10.7 Å². The highest BCUT2D eigenvalue weighted by atomic mass is 32.1. The van der Waals surface area contributed by atoms with Crippen molar-refractivity contribution >= 4 is 35.2 Å². The molecular formula is C16H15N3O2S. The molecule has 112 valence electrons. The van der Waals surface area contributed by atoms with E-state index in [-0.39, 0.29) is 5.56 Å². The minimum atomic E-state index is -0.954. The molecule has 0 aromatic heterocycles. The Morgan fingerprint density at radius 1 is 1.14 bits per heavy atom. The van der Waals surface area contributed by atoms with Crippen molar-refractivity contribution in [2.75, 3.05) is 5.32 Å². The van der Waals surface area contributed by atoms with Gasteiger partial charge in [0.05, 0.1) is 11.8 Å². The predicted molar refractivity (Wildman–Crippen MR) is 91.5 cm³/mol. The second-order valence-corrected chi connectivity index (χ2v) is 5.03. The van der Waals surface area contributed by atoms with Crippen LogP contribution in [0.4, 0.5) is 5.69 Å². The fourth-order valence-corrected chi connectivity index (χ4v) is 1.84. The Bertz CT molecular complexity index is 694. The number of hydrogen-bond acceptors (Lipinski definition) is 3. The zero-order valence-electron chi connectivity index (χ0n) is 11.9. The van der Waals surface area contributed by atoms with Gasteiger partial charge in [0.15, 0.2) is 5.11 Å². The Hall–Kier alpha value is -2.73. The molecule has 2 aromatic rings.